The molecule has 0 aromatic carbocycles. The maximum Gasteiger partial charge on any atom is 0.267 e. The summed E-state index contributed by atoms with van der Waals surface area (Å²) in [4.78, 5) is 26.2. The third-order valence-corrected chi connectivity index (χ3v) is 4.58. The zero-order valence-corrected chi connectivity index (χ0v) is 15.8. The summed E-state index contributed by atoms with van der Waals surface area (Å²) < 4.78 is -0.0509. The molecular formula is C18H31NO2S. The largest absolute Gasteiger partial charge is 0.274 e. The lowest BCUT2D eigenvalue weighted by atomic mass is 9.89. The summed E-state index contributed by atoms with van der Waals surface area (Å²) in [5, 5.41) is 0. The molecule has 2 amide bonds. The molecule has 0 radical (unpaired) electrons. The Morgan fingerprint density at radius 1 is 0.955 bits per heavy atom. The van der Waals surface area contributed by atoms with Crippen LogP contribution in [0.4, 0.5) is 0 Å². The molecule has 1 aliphatic rings. The van der Waals surface area contributed by atoms with Crippen LogP contribution < -0.4 is 0 Å². The Kier molecular flexibility index (Phi) is 6.72. The Morgan fingerprint density at radius 2 is 1.55 bits per heavy atom. The van der Waals surface area contributed by atoms with E-state index in [1.54, 1.807) is 0 Å². The Labute approximate surface area is 139 Å². The van der Waals surface area contributed by atoms with Crippen molar-refractivity contribution < 1.29 is 9.59 Å². The Bertz CT molecular complexity index is 441. The first-order valence-corrected chi connectivity index (χ1v) is 9.08. The molecule has 126 valence electrons. The Hall–Kier alpha value is -0.770. The van der Waals surface area contributed by atoms with Crippen LogP contribution in [0.25, 0.3) is 0 Å². The summed E-state index contributed by atoms with van der Waals surface area (Å²) in [5.74, 6) is -0.258. The maximum atomic E-state index is 12.3. The van der Waals surface area contributed by atoms with E-state index in [1.165, 1.54) is 42.0 Å². The van der Waals surface area contributed by atoms with Crippen molar-refractivity contribution in [1.29, 1.82) is 0 Å². The van der Waals surface area contributed by atoms with Gasteiger partial charge in [0, 0.05) is 17.4 Å². The summed E-state index contributed by atoms with van der Waals surface area (Å²) in [6.07, 6.45) is 7.09. The molecule has 1 aliphatic heterocycles. The molecule has 0 aliphatic carbocycles. The van der Waals surface area contributed by atoms with Crippen LogP contribution in [-0.4, -0.2) is 28.0 Å². The first kappa shape index (κ1) is 19.3. The molecule has 1 rings (SSSR count). The fourth-order valence-electron chi connectivity index (χ4n) is 2.38. The van der Waals surface area contributed by atoms with Crippen molar-refractivity contribution in [3.63, 3.8) is 0 Å². The normalized spacial score (nSPS) is 16.5. The molecule has 1 heterocycles. The molecule has 4 heteroatoms. The first-order valence-electron chi connectivity index (χ1n) is 8.26. The van der Waals surface area contributed by atoms with Gasteiger partial charge in [-0.2, -0.15) is 0 Å². The van der Waals surface area contributed by atoms with Crippen LogP contribution in [0, 0.1) is 5.41 Å². The van der Waals surface area contributed by atoms with Crippen molar-refractivity contribution in [2.75, 3.05) is 6.54 Å². The quantitative estimate of drug-likeness (QED) is 0.500. The average Bonchev–Trinajstić information content (AvgIpc) is 2.56. The minimum atomic E-state index is -0.147. The van der Waals surface area contributed by atoms with E-state index < -0.39 is 0 Å². The summed E-state index contributed by atoms with van der Waals surface area (Å²) in [7, 11) is 0. The van der Waals surface area contributed by atoms with Gasteiger partial charge in [-0.1, -0.05) is 60.8 Å². The lowest BCUT2D eigenvalue weighted by Gasteiger charge is -2.19. The average molecular weight is 326 g/mol. The first-order chi connectivity index (χ1) is 9.99. The summed E-state index contributed by atoms with van der Waals surface area (Å²) >= 11 is 1.48. The van der Waals surface area contributed by atoms with E-state index in [2.05, 4.69) is 20.8 Å². The SMILES string of the molecule is CC(C)(C)CCCCCCN1C(=O)C=C(SC(C)(C)C)C1=O. The van der Waals surface area contributed by atoms with Crippen molar-refractivity contribution in [2.24, 2.45) is 5.41 Å². The highest BCUT2D eigenvalue weighted by Gasteiger charge is 2.33. The molecule has 0 aromatic heterocycles. The van der Waals surface area contributed by atoms with Crippen LogP contribution in [0.3, 0.4) is 0 Å². The van der Waals surface area contributed by atoms with E-state index >= 15 is 0 Å². The van der Waals surface area contributed by atoms with Crippen molar-refractivity contribution >= 4 is 23.6 Å². The second-order valence-electron chi connectivity index (χ2n) is 8.24. The van der Waals surface area contributed by atoms with Gasteiger partial charge < -0.3 is 0 Å². The van der Waals surface area contributed by atoms with Crippen molar-refractivity contribution in [3.05, 3.63) is 11.0 Å². The number of rotatable bonds is 7. The second-order valence-corrected chi connectivity index (χ2v) is 10.1. The summed E-state index contributed by atoms with van der Waals surface area (Å²) in [5.41, 5.74) is 0.393. The summed E-state index contributed by atoms with van der Waals surface area (Å²) in [6, 6.07) is 0. The van der Waals surface area contributed by atoms with Crippen LogP contribution in [0.1, 0.15) is 73.6 Å². The molecule has 22 heavy (non-hydrogen) atoms. The van der Waals surface area contributed by atoms with Crippen LogP contribution in [0.2, 0.25) is 0 Å². The number of nitrogens with zero attached hydrogens (tertiary/aromatic N) is 1. The van der Waals surface area contributed by atoms with Crippen LogP contribution in [0.15, 0.2) is 11.0 Å². The monoisotopic (exact) mass is 325 g/mol. The highest BCUT2D eigenvalue weighted by molar-refractivity contribution is 8.05. The van der Waals surface area contributed by atoms with Crippen molar-refractivity contribution in [2.45, 2.75) is 78.4 Å². The van der Waals surface area contributed by atoms with E-state index in [9.17, 15) is 9.59 Å². The van der Waals surface area contributed by atoms with Gasteiger partial charge in [-0.3, -0.25) is 14.5 Å². The lowest BCUT2D eigenvalue weighted by molar-refractivity contribution is -0.136. The number of carbonyl (C=O) groups is 2. The number of hydrogen-bond acceptors (Lipinski definition) is 3. The van der Waals surface area contributed by atoms with Crippen LogP contribution >= 0.6 is 11.8 Å². The third kappa shape index (κ3) is 6.99. The van der Waals surface area contributed by atoms with Gasteiger partial charge in [0.2, 0.25) is 0 Å². The topological polar surface area (TPSA) is 37.4 Å². The fraction of sp³-hybridized carbons (Fsp3) is 0.778. The van der Waals surface area contributed by atoms with Gasteiger partial charge in [-0.25, -0.2) is 0 Å². The highest BCUT2D eigenvalue weighted by atomic mass is 32.2. The number of imide groups is 1. The smallest absolute Gasteiger partial charge is 0.267 e. The van der Waals surface area contributed by atoms with E-state index in [4.69, 9.17) is 0 Å². The number of carbonyl (C=O) groups excluding carboxylic acids is 2. The number of thioether (sulfide) groups is 1. The molecule has 0 aromatic rings. The predicted octanol–water partition coefficient (Wildman–Crippen LogP) is 4.77. The van der Waals surface area contributed by atoms with E-state index in [-0.39, 0.29) is 16.6 Å². The van der Waals surface area contributed by atoms with Crippen molar-refractivity contribution in [3.8, 4) is 0 Å². The second kappa shape index (κ2) is 7.67. The zero-order valence-electron chi connectivity index (χ0n) is 15.0. The van der Waals surface area contributed by atoms with Crippen molar-refractivity contribution in [1.82, 2.24) is 4.90 Å². The molecule has 0 atom stereocenters. The van der Waals surface area contributed by atoms with Gasteiger partial charge in [0.15, 0.2) is 0 Å². The van der Waals surface area contributed by atoms with Gasteiger partial charge >= 0.3 is 0 Å². The van der Waals surface area contributed by atoms with Gasteiger partial charge in [-0.05, 0) is 18.3 Å². The molecule has 0 bridgehead atoms. The number of unbranched alkanes of at least 4 members (excludes halogenated alkanes) is 3. The molecule has 0 unspecified atom stereocenters. The predicted molar refractivity (Wildman–Crippen MR) is 94.7 cm³/mol. The molecule has 0 N–H and O–H groups in total. The minimum Gasteiger partial charge on any atom is -0.274 e. The Balaban J connectivity index is 2.31. The molecule has 0 spiro atoms. The van der Waals surface area contributed by atoms with Gasteiger partial charge in [0.1, 0.15) is 0 Å². The third-order valence-electron chi connectivity index (χ3n) is 3.45. The molecule has 0 saturated carbocycles. The Morgan fingerprint density at radius 3 is 2.09 bits per heavy atom. The zero-order chi connectivity index (χ0) is 17.0. The standard InChI is InChI=1S/C18H31NO2S/c1-17(2,3)11-9-7-8-10-12-19-15(20)13-14(16(19)21)22-18(4,5)6/h13H,7-12H2,1-6H3. The fourth-order valence-corrected chi connectivity index (χ4v) is 3.40. The molecule has 0 saturated heterocycles. The lowest BCUT2D eigenvalue weighted by Crippen LogP contribution is -2.32. The minimum absolute atomic E-state index is 0.0509. The van der Waals surface area contributed by atoms with E-state index in [1.807, 2.05) is 20.8 Å². The van der Waals surface area contributed by atoms with E-state index in [0.29, 0.717) is 16.9 Å². The van der Waals surface area contributed by atoms with Crippen LogP contribution in [0.5, 0.6) is 0 Å². The molecule has 0 fully saturated rings. The molecular weight excluding hydrogens is 294 g/mol. The van der Waals surface area contributed by atoms with Gasteiger partial charge in [-0.15, -0.1) is 11.8 Å². The van der Waals surface area contributed by atoms with Crippen LogP contribution in [-0.2, 0) is 9.59 Å². The highest BCUT2D eigenvalue weighted by Crippen LogP contribution is 2.34. The number of hydrogen-bond donors (Lipinski definition) is 0. The van der Waals surface area contributed by atoms with E-state index in [0.717, 1.165) is 12.8 Å². The molecule has 3 nitrogen and oxygen atoms in total. The van der Waals surface area contributed by atoms with Gasteiger partial charge in [0.05, 0.1) is 4.91 Å². The maximum absolute atomic E-state index is 12.3. The number of amides is 2. The summed E-state index contributed by atoms with van der Waals surface area (Å²) in [6.45, 7) is 13.5. The van der Waals surface area contributed by atoms with Gasteiger partial charge in [0.25, 0.3) is 11.8 Å².